The van der Waals surface area contributed by atoms with Crippen LogP contribution < -0.4 is 4.74 Å². The van der Waals surface area contributed by atoms with Gasteiger partial charge < -0.3 is 9.64 Å². The molecule has 6 nitrogen and oxygen atoms in total. The highest BCUT2D eigenvalue weighted by Gasteiger charge is 2.26. The van der Waals surface area contributed by atoms with E-state index in [0.717, 1.165) is 30.8 Å². The van der Waals surface area contributed by atoms with Crippen molar-refractivity contribution in [2.24, 2.45) is 5.92 Å². The summed E-state index contributed by atoms with van der Waals surface area (Å²) in [6, 6.07) is 5.51. The summed E-state index contributed by atoms with van der Waals surface area (Å²) in [7, 11) is 0. The normalized spacial score (nSPS) is 13.6. The molecule has 27 heavy (non-hydrogen) atoms. The monoisotopic (exact) mass is 408 g/mol. The number of ether oxygens (including phenoxy) is 1. The Hall–Kier alpha value is -1.73. The third kappa shape index (κ3) is 6.14. The first-order valence-corrected chi connectivity index (χ1v) is 10.6. The van der Waals surface area contributed by atoms with E-state index in [-0.39, 0.29) is 12.5 Å². The quantitative estimate of drug-likeness (QED) is 0.599. The molecule has 1 saturated carbocycles. The molecular weight excluding hydrogens is 384 g/mol. The lowest BCUT2D eigenvalue weighted by atomic mass is 10.2. The number of carbonyl (C=O) groups is 1. The van der Waals surface area contributed by atoms with E-state index in [4.69, 9.17) is 16.3 Å². The van der Waals surface area contributed by atoms with Gasteiger partial charge in [-0.25, -0.2) is 4.98 Å². The minimum Gasteiger partial charge on any atom is -0.486 e. The summed E-state index contributed by atoms with van der Waals surface area (Å²) in [5.41, 5.74) is 0.962. The Balaban J connectivity index is 1.46. The summed E-state index contributed by atoms with van der Waals surface area (Å²) in [5.74, 6) is 2.58. The first-order valence-electron chi connectivity index (χ1n) is 9.26. The molecule has 0 bridgehead atoms. The van der Waals surface area contributed by atoms with Crippen LogP contribution in [0.5, 0.6) is 5.75 Å². The number of rotatable bonds is 10. The third-order valence-electron chi connectivity index (χ3n) is 4.36. The van der Waals surface area contributed by atoms with Gasteiger partial charge in [0.05, 0.1) is 5.75 Å². The number of thioether (sulfide) groups is 1. The van der Waals surface area contributed by atoms with Gasteiger partial charge in [0.25, 0.3) is 0 Å². The molecule has 2 aromatic rings. The Morgan fingerprint density at radius 1 is 1.44 bits per heavy atom. The fourth-order valence-electron chi connectivity index (χ4n) is 2.68. The van der Waals surface area contributed by atoms with Crippen molar-refractivity contribution in [3.05, 3.63) is 34.6 Å². The van der Waals surface area contributed by atoms with E-state index in [2.05, 4.69) is 22.1 Å². The molecule has 0 atom stereocenters. The maximum absolute atomic E-state index is 12.5. The van der Waals surface area contributed by atoms with Gasteiger partial charge in [0.2, 0.25) is 11.1 Å². The Kier molecular flexibility index (Phi) is 7.01. The van der Waals surface area contributed by atoms with Crippen LogP contribution in [0.3, 0.4) is 0 Å². The summed E-state index contributed by atoms with van der Waals surface area (Å²) in [5, 5.41) is 8.31. The van der Waals surface area contributed by atoms with Gasteiger partial charge in [0.1, 0.15) is 12.4 Å². The van der Waals surface area contributed by atoms with Gasteiger partial charge >= 0.3 is 0 Å². The van der Waals surface area contributed by atoms with Crippen molar-refractivity contribution in [1.82, 2.24) is 20.1 Å². The van der Waals surface area contributed by atoms with Crippen molar-refractivity contribution in [3.8, 4) is 5.75 Å². The predicted octanol–water partition coefficient (Wildman–Crippen LogP) is 4.09. The highest BCUT2D eigenvalue weighted by Crippen LogP contribution is 2.30. The average molecular weight is 409 g/mol. The van der Waals surface area contributed by atoms with Crippen LogP contribution in [0.4, 0.5) is 0 Å². The zero-order valence-corrected chi connectivity index (χ0v) is 17.3. The molecule has 1 aliphatic rings. The SMILES string of the molecule is CCCN(CC1CC1)C(=O)CSc1n[nH]c(COc2ccc(Cl)c(C)c2)n1. The van der Waals surface area contributed by atoms with Crippen LogP contribution in [-0.2, 0) is 11.4 Å². The number of aromatic amines is 1. The van der Waals surface area contributed by atoms with E-state index >= 15 is 0 Å². The van der Waals surface area contributed by atoms with Crippen LogP contribution in [0.15, 0.2) is 23.4 Å². The molecule has 0 saturated heterocycles. The second-order valence-corrected chi connectivity index (χ2v) is 8.19. The predicted molar refractivity (Wildman–Crippen MR) is 107 cm³/mol. The number of nitrogens with zero attached hydrogens (tertiary/aromatic N) is 3. The van der Waals surface area contributed by atoms with Gasteiger partial charge in [0, 0.05) is 18.1 Å². The zero-order chi connectivity index (χ0) is 19.2. The zero-order valence-electron chi connectivity index (χ0n) is 15.7. The molecule has 146 valence electrons. The lowest BCUT2D eigenvalue weighted by molar-refractivity contribution is -0.128. The number of aryl methyl sites for hydroxylation is 1. The summed E-state index contributed by atoms with van der Waals surface area (Å²) in [6.07, 6.45) is 3.48. The van der Waals surface area contributed by atoms with Crippen LogP contribution in [0, 0.1) is 12.8 Å². The standard InChI is InChI=1S/C19H25ClN4O2S/c1-3-8-24(10-14-4-5-14)18(25)12-27-19-21-17(22-23-19)11-26-15-6-7-16(20)13(2)9-15/h6-7,9,14H,3-5,8,10-12H2,1-2H3,(H,21,22,23). The van der Waals surface area contributed by atoms with Crippen molar-refractivity contribution in [2.45, 2.75) is 44.9 Å². The number of amides is 1. The molecule has 0 unspecified atom stereocenters. The van der Waals surface area contributed by atoms with Crippen LogP contribution in [0.2, 0.25) is 5.02 Å². The highest BCUT2D eigenvalue weighted by molar-refractivity contribution is 7.99. The fourth-order valence-corrected chi connectivity index (χ4v) is 3.52. The third-order valence-corrected chi connectivity index (χ3v) is 5.62. The Morgan fingerprint density at radius 2 is 2.26 bits per heavy atom. The maximum atomic E-state index is 12.5. The molecule has 1 fully saturated rings. The molecule has 1 N–H and O–H groups in total. The average Bonchev–Trinajstić information content (AvgIpc) is 3.36. The number of nitrogens with one attached hydrogen (secondary N) is 1. The maximum Gasteiger partial charge on any atom is 0.233 e. The van der Waals surface area contributed by atoms with Crippen molar-refractivity contribution >= 4 is 29.3 Å². The Labute approximate surface area is 169 Å². The summed E-state index contributed by atoms with van der Waals surface area (Å²) < 4.78 is 5.71. The van der Waals surface area contributed by atoms with E-state index in [1.807, 2.05) is 30.0 Å². The highest BCUT2D eigenvalue weighted by atomic mass is 35.5. The number of hydrogen-bond donors (Lipinski definition) is 1. The molecule has 0 spiro atoms. The Morgan fingerprint density at radius 3 is 2.96 bits per heavy atom. The lowest BCUT2D eigenvalue weighted by Crippen LogP contribution is -2.34. The van der Waals surface area contributed by atoms with Crippen LogP contribution in [0.25, 0.3) is 0 Å². The van der Waals surface area contributed by atoms with E-state index in [1.165, 1.54) is 24.6 Å². The van der Waals surface area contributed by atoms with Gasteiger partial charge in [-0.1, -0.05) is 30.3 Å². The van der Waals surface area contributed by atoms with Gasteiger partial charge in [-0.05, 0) is 55.9 Å². The number of H-pyrrole nitrogens is 1. The van der Waals surface area contributed by atoms with Crippen LogP contribution >= 0.6 is 23.4 Å². The molecular formula is C19H25ClN4O2S. The van der Waals surface area contributed by atoms with Crippen molar-refractivity contribution in [3.63, 3.8) is 0 Å². The fraction of sp³-hybridized carbons (Fsp3) is 0.526. The molecule has 1 aliphatic carbocycles. The van der Waals surface area contributed by atoms with Gasteiger partial charge in [-0.3, -0.25) is 9.89 Å². The first kappa shape index (κ1) is 20.0. The smallest absolute Gasteiger partial charge is 0.233 e. The summed E-state index contributed by atoms with van der Waals surface area (Å²) >= 11 is 7.38. The van der Waals surface area contributed by atoms with Gasteiger partial charge in [-0.15, -0.1) is 5.10 Å². The summed E-state index contributed by atoms with van der Waals surface area (Å²) in [6.45, 7) is 6.03. The molecule has 3 rings (SSSR count). The van der Waals surface area contributed by atoms with E-state index in [9.17, 15) is 4.79 Å². The molecule has 1 aromatic heterocycles. The second-order valence-electron chi connectivity index (χ2n) is 6.84. The molecule has 0 aliphatic heterocycles. The number of aromatic nitrogens is 3. The molecule has 1 amide bonds. The first-order chi connectivity index (χ1) is 13.0. The van der Waals surface area contributed by atoms with Gasteiger partial charge in [0.15, 0.2) is 5.82 Å². The van der Waals surface area contributed by atoms with Crippen LogP contribution in [0.1, 0.15) is 37.6 Å². The molecule has 1 heterocycles. The van der Waals surface area contributed by atoms with Gasteiger partial charge in [-0.2, -0.15) is 0 Å². The second kappa shape index (κ2) is 9.46. The molecule has 1 aromatic carbocycles. The van der Waals surface area contributed by atoms with Crippen LogP contribution in [-0.4, -0.2) is 44.8 Å². The minimum atomic E-state index is 0.160. The molecule has 0 radical (unpaired) electrons. The van der Waals surface area contributed by atoms with E-state index in [1.54, 1.807) is 0 Å². The molecule has 8 heteroatoms. The number of benzene rings is 1. The van der Waals surface area contributed by atoms with E-state index in [0.29, 0.717) is 27.7 Å². The number of halogens is 1. The largest absolute Gasteiger partial charge is 0.486 e. The van der Waals surface area contributed by atoms with Crippen molar-refractivity contribution < 1.29 is 9.53 Å². The lowest BCUT2D eigenvalue weighted by Gasteiger charge is -2.21. The Bertz CT molecular complexity index is 779. The van der Waals surface area contributed by atoms with Crippen molar-refractivity contribution in [2.75, 3.05) is 18.8 Å². The van der Waals surface area contributed by atoms with E-state index < -0.39 is 0 Å². The topological polar surface area (TPSA) is 71.1 Å². The van der Waals surface area contributed by atoms with Crippen molar-refractivity contribution in [1.29, 1.82) is 0 Å². The number of hydrogen-bond acceptors (Lipinski definition) is 5. The summed E-state index contributed by atoms with van der Waals surface area (Å²) in [4.78, 5) is 18.8. The number of carbonyl (C=O) groups excluding carboxylic acids is 1. The minimum absolute atomic E-state index is 0.160.